The first-order valence-electron chi connectivity index (χ1n) is 22.0. The molecule has 2 heterocycles. The van der Waals surface area contributed by atoms with Gasteiger partial charge in [-0.15, -0.1) is 0 Å². The van der Waals surface area contributed by atoms with Crippen molar-refractivity contribution in [2.75, 3.05) is 4.90 Å². The Kier molecular flexibility index (Phi) is 7.32. The third kappa shape index (κ3) is 4.81. The van der Waals surface area contributed by atoms with Crippen LogP contribution >= 0.6 is 0 Å². The highest BCUT2D eigenvalue weighted by atomic mass is 16.3. The summed E-state index contributed by atoms with van der Waals surface area (Å²) in [6.07, 6.45) is 0. The van der Waals surface area contributed by atoms with E-state index in [1.54, 1.807) is 0 Å². The van der Waals surface area contributed by atoms with E-state index in [-0.39, 0.29) is 0 Å². The minimum Gasteiger partial charge on any atom is -0.456 e. The molecule has 2 aliphatic carbocycles. The van der Waals surface area contributed by atoms with Gasteiger partial charge >= 0.3 is 0 Å². The molecule has 3 nitrogen and oxygen atoms in total. The molecule has 1 spiro atoms. The van der Waals surface area contributed by atoms with Crippen molar-refractivity contribution in [3.8, 4) is 44.5 Å². The Hall–Kier alpha value is -8.40. The van der Waals surface area contributed by atoms with Crippen molar-refractivity contribution in [1.82, 2.24) is 0 Å². The van der Waals surface area contributed by atoms with Crippen LogP contribution in [0, 0.1) is 0 Å². The van der Waals surface area contributed by atoms with Crippen LogP contribution in [0.1, 0.15) is 22.3 Å². The summed E-state index contributed by atoms with van der Waals surface area (Å²) in [6, 6.07) is 81.9. The summed E-state index contributed by atoms with van der Waals surface area (Å²) < 4.78 is 13.1. The zero-order valence-electron chi connectivity index (χ0n) is 34.6. The van der Waals surface area contributed by atoms with Crippen molar-refractivity contribution in [2.45, 2.75) is 5.41 Å². The van der Waals surface area contributed by atoms with Crippen molar-refractivity contribution < 1.29 is 8.83 Å². The monoisotopic (exact) mass is 815 g/mol. The van der Waals surface area contributed by atoms with E-state index < -0.39 is 5.41 Å². The minimum absolute atomic E-state index is 0.651. The van der Waals surface area contributed by atoms with E-state index in [1.165, 1.54) is 55.6 Å². The van der Waals surface area contributed by atoms with Gasteiger partial charge in [0.1, 0.15) is 22.3 Å². The number of benzene rings is 10. The van der Waals surface area contributed by atoms with Crippen molar-refractivity contribution in [1.29, 1.82) is 0 Å². The molecular weight excluding hydrogens is 779 g/mol. The number of hydrogen-bond donors (Lipinski definition) is 0. The van der Waals surface area contributed by atoms with Gasteiger partial charge in [0.15, 0.2) is 0 Å². The standard InChI is InChI=1S/C61H37NO2/c1-2-16-38(17-3-1)41-18-8-13-27-56(41)62(40-30-32-48-46-23-9-14-28-57(46)63-59(48)35-40)39-31-33-54-49(34-39)43-20-5-4-19-42(43)44-21-6-11-25-52(44)61(54)53-26-12-7-22-45(53)50-37-60-51(36-55(50)61)47-24-10-15-29-58(47)64-60/h1-37H. The van der Waals surface area contributed by atoms with Gasteiger partial charge in [-0.05, 0) is 116 Å². The topological polar surface area (TPSA) is 29.5 Å². The first-order valence-corrected chi connectivity index (χ1v) is 22.0. The summed E-state index contributed by atoms with van der Waals surface area (Å²) in [6.45, 7) is 0. The second-order valence-electron chi connectivity index (χ2n) is 17.1. The fourth-order valence-electron chi connectivity index (χ4n) is 11.3. The maximum absolute atomic E-state index is 6.58. The van der Waals surface area contributed by atoms with Gasteiger partial charge in [-0.1, -0.05) is 164 Å². The lowest BCUT2D eigenvalue weighted by Gasteiger charge is -2.36. The van der Waals surface area contributed by atoms with Crippen LogP contribution in [0.3, 0.4) is 0 Å². The van der Waals surface area contributed by atoms with Crippen LogP contribution < -0.4 is 4.90 Å². The summed E-state index contributed by atoms with van der Waals surface area (Å²) in [5.74, 6) is 0. The van der Waals surface area contributed by atoms with Crippen LogP contribution in [-0.2, 0) is 5.41 Å². The summed E-state index contributed by atoms with van der Waals surface area (Å²) >= 11 is 0. The molecule has 0 N–H and O–H groups in total. The average Bonchev–Trinajstić information content (AvgIpc) is 3.99. The Morgan fingerprint density at radius 3 is 1.50 bits per heavy atom. The predicted molar refractivity (Wildman–Crippen MR) is 263 cm³/mol. The van der Waals surface area contributed by atoms with Gasteiger partial charge in [-0.25, -0.2) is 0 Å². The van der Waals surface area contributed by atoms with Crippen molar-refractivity contribution in [3.05, 3.63) is 247 Å². The number of hydrogen-bond acceptors (Lipinski definition) is 3. The molecule has 2 aromatic heterocycles. The number of nitrogens with zero attached hydrogens (tertiary/aromatic N) is 1. The Morgan fingerprint density at radius 1 is 0.281 bits per heavy atom. The highest BCUT2D eigenvalue weighted by Crippen LogP contribution is 2.63. The molecule has 0 aliphatic heterocycles. The van der Waals surface area contributed by atoms with Gasteiger partial charge < -0.3 is 13.7 Å². The second kappa shape index (κ2) is 13.3. The van der Waals surface area contributed by atoms with Crippen LogP contribution in [0.25, 0.3) is 88.4 Å². The lowest BCUT2D eigenvalue weighted by molar-refractivity contribution is 0.668. The van der Waals surface area contributed by atoms with Crippen molar-refractivity contribution in [3.63, 3.8) is 0 Å². The summed E-state index contributed by atoms with van der Waals surface area (Å²) in [5, 5.41) is 4.47. The van der Waals surface area contributed by atoms with Gasteiger partial charge in [0, 0.05) is 44.5 Å². The van der Waals surface area contributed by atoms with Crippen LogP contribution in [0.2, 0.25) is 0 Å². The lowest BCUT2D eigenvalue weighted by atomic mass is 9.65. The molecule has 0 radical (unpaired) electrons. The van der Waals surface area contributed by atoms with E-state index in [2.05, 4.69) is 223 Å². The molecular formula is C61H37NO2. The molecule has 298 valence electrons. The Balaban J connectivity index is 1.09. The number of rotatable bonds is 4. The smallest absolute Gasteiger partial charge is 0.137 e. The maximum atomic E-state index is 6.58. The van der Waals surface area contributed by atoms with E-state index in [4.69, 9.17) is 8.83 Å². The molecule has 12 aromatic rings. The van der Waals surface area contributed by atoms with Gasteiger partial charge in [0.25, 0.3) is 0 Å². The third-order valence-corrected chi connectivity index (χ3v) is 13.9. The molecule has 0 saturated heterocycles. The first kappa shape index (κ1) is 35.2. The summed E-state index contributed by atoms with van der Waals surface area (Å²) in [4.78, 5) is 2.42. The first-order chi connectivity index (χ1) is 31.7. The Morgan fingerprint density at radius 2 is 0.766 bits per heavy atom. The average molecular weight is 816 g/mol. The lowest BCUT2D eigenvalue weighted by Crippen LogP contribution is -2.29. The fourth-order valence-corrected chi connectivity index (χ4v) is 11.3. The van der Waals surface area contributed by atoms with Crippen LogP contribution in [0.5, 0.6) is 0 Å². The molecule has 0 amide bonds. The quantitative estimate of drug-likeness (QED) is 0.177. The normalized spacial score (nSPS) is 14.6. The van der Waals surface area contributed by atoms with Gasteiger partial charge in [-0.3, -0.25) is 0 Å². The van der Waals surface area contributed by atoms with Gasteiger partial charge in [-0.2, -0.15) is 0 Å². The van der Waals surface area contributed by atoms with Gasteiger partial charge in [0.2, 0.25) is 0 Å². The Bertz CT molecular complexity index is 3870. The van der Waals surface area contributed by atoms with Crippen molar-refractivity contribution in [2.24, 2.45) is 0 Å². The number of furan rings is 2. The molecule has 14 rings (SSSR count). The summed E-state index contributed by atoms with van der Waals surface area (Å²) in [5.41, 5.74) is 20.7. The van der Waals surface area contributed by atoms with E-state index in [0.29, 0.717) is 0 Å². The molecule has 3 heteroatoms. The number of para-hydroxylation sites is 3. The molecule has 64 heavy (non-hydrogen) atoms. The molecule has 10 aromatic carbocycles. The second-order valence-corrected chi connectivity index (χ2v) is 17.1. The highest BCUT2D eigenvalue weighted by molar-refractivity contribution is 6.10. The summed E-state index contributed by atoms with van der Waals surface area (Å²) in [7, 11) is 0. The van der Waals surface area contributed by atoms with Crippen LogP contribution in [0.15, 0.2) is 233 Å². The number of fused-ring (bicyclic) bond motifs is 18. The SMILES string of the molecule is c1ccc(-c2ccccc2N(c2ccc3c(c2)-c2ccccc2-c2ccccc2C32c3ccccc3-c3cc4oc5ccccc5c4cc32)c2ccc3c(c2)oc2ccccc23)cc1. The van der Waals surface area contributed by atoms with E-state index in [1.807, 2.05) is 6.07 Å². The van der Waals surface area contributed by atoms with E-state index in [9.17, 15) is 0 Å². The molecule has 0 bridgehead atoms. The molecule has 0 saturated carbocycles. The zero-order chi connectivity index (χ0) is 41.9. The highest BCUT2D eigenvalue weighted by Gasteiger charge is 2.50. The predicted octanol–water partition coefficient (Wildman–Crippen LogP) is 16.6. The fraction of sp³-hybridized carbons (Fsp3) is 0.0164. The van der Waals surface area contributed by atoms with E-state index in [0.717, 1.165) is 72.1 Å². The maximum Gasteiger partial charge on any atom is 0.137 e. The molecule has 0 fully saturated rings. The molecule has 2 aliphatic rings. The van der Waals surface area contributed by atoms with Gasteiger partial charge in [0.05, 0.1) is 11.1 Å². The van der Waals surface area contributed by atoms with Crippen LogP contribution in [0.4, 0.5) is 17.1 Å². The minimum atomic E-state index is -0.651. The third-order valence-electron chi connectivity index (χ3n) is 13.9. The molecule has 1 unspecified atom stereocenters. The molecule has 1 atom stereocenters. The Labute approximate surface area is 369 Å². The van der Waals surface area contributed by atoms with Crippen molar-refractivity contribution >= 4 is 60.9 Å². The number of anilines is 3. The van der Waals surface area contributed by atoms with Crippen LogP contribution in [-0.4, -0.2) is 0 Å². The zero-order valence-corrected chi connectivity index (χ0v) is 34.6. The largest absolute Gasteiger partial charge is 0.456 e. The van der Waals surface area contributed by atoms with E-state index >= 15 is 0 Å².